The molecule has 0 saturated carbocycles. The normalized spacial score (nSPS) is 15.1. The van der Waals surface area contributed by atoms with Crippen molar-refractivity contribution in [1.82, 2.24) is 14.3 Å². The third-order valence-corrected chi connectivity index (χ3v) is 5.59. The zero-order chi connectivity index (χ0) is 21.6. The number of rotatable bonds is 2. The third-order valence-electron chi connectivity index (χ3n) is 5.31. The average molecular weight is 437 g/mol. The molecule has 5 nitrogen and oxygen atoms in total. The number of amides is 1. The van der Waals surface area contributed by atoms with Gasteiger partial charge in [0.2, 0.25) is 0 Å². The lowest BCUT2D eigenvalue weighted by molar-refractivity contribution is -0.137. The summed E-state index contributed by atoms with van der Waals surface area (Å²) in [5, 5.41) is -0.142. The summed E-state index contributed by atoms with van der Waals surface area (Å²) in [6.07, 6.45) is -3.69. The zero-order valence-corrected chi connectivity index (χ0v) is 17.3. The van der Waals surface area contributed by atoms with Crippen molar-refractivity contribution in [2.75, 3.05) is 31.1 Å². The maximum absolute atomic E-state index is 13.2. The molecule has 3 aromatic rings. The first-order valence-electron chi connectivity index (χ1n) is 9.51. The van der Waals surface area contributed by atoms with Crippen LogP contribution in [0.15, 0.2) is 36.5 Å². The van der Waals surface area contributed by atoms with Crippen LogP contribution < -0.4 is 4.90 Å². The van der Waals surface area contributed by atoms with E-state index in [1.807, 2.05) is 25.1 Å². The van der Waals surface area contributed by atoms with Gasteiger partial charge in [0.25, 0.3) is 5.91 Å². The predicted octanol–water partition coefficient (Wildman–Crippen LogP) is 4.59. The molecule has 1 amide bonds. The number of fused-ring (bicyclic) bond motifs is 1. The van der Waals surface area contributed by atoms with Crippen LogP contribution in [0.4, 0.5) is 18.9 Å². The molecule has 0 atom stereocenters. The molecule has 0 spiro atoms. The van der Waals surface area contributed by atoms with Crippen molar-refractivity contribution in [3.05, 3.63) is 64.1 Å². The molecule has 0 N–H and O–H groups in total. The second-order valence-corrected chi connectivity index (χ2v) is 7.84. The summed E-state index contributed by atoms with van der Waals surface area (Å²) in [4.78, 5) is 21.3. The molecule has 1 aromatic carbocycles. The molecular weight excluding hydrogens is 417 g/mol. The monoisotopic (exact) mass is 436 g/mol. The maximum Gasteiger partial charge on any atom is 0.417 e. The highest BCUT2D eigenvalue weighted by molar-refractivity contribution is 6.33. The highest BCUT2D eigenvalue weighted by Gasteiger charge is 2.33. The molecule has 0 radical (unpaired) electrons. The highest BCUT2D eigenvalue weighted by atomic mass is 35.5. The fourth-order valence-corrected chi connectivity index (χ4v) is 4.02. The quantitative estimate of drug-likeness (QED) is 0.590. The molecule has 0 aliphatic carbocycles. The fourth-order valence-electron chi connectivity index (χ4n) is 3.77. The van der Waals surface area contributed by atoms with Crippen molar-refractivity contribution >= 4 is 28.8 Å². The number of alkyl halides is 3. The summed E-state index contributed by atoms with van der Waals surface area (Å²) < 4.78 is 40.9. The van der Waals surface area contributed by atoms with Gasteiger partial charge in [-0.15, -0.1) is 0 Å². The van der Waals surface area contributed by atoms with E-state index in [4.69, 9.17) is 11.6 Å². The van der Waals surface area contributed by atoms with E-state index < -0.39 is 11.7 Å². The van der Waals surface area contributed by atoms with Crippen molar-refractivity contribution in [2.24, 2.45) is 0 Å². The summed E-state index contributed by atoms with van der Waals surface area (Å²) in [6.45, 7) is 5.83. The number of aromatic nitrogens is 2. The first kappa shape index (κ1) is 20.5. The van der Waals surface area contributed by atoms with E-state index in [0.717, 1.165) is 27.9 Å². The smallest absolute Gasteiger partial charge is 0.368 e. The molecule has 158 valence electrons. The van der Waals surface area contributed by atoms with Gasteiger partial charge in [-0.2, -0.15) is 13.2 Å². The highest BCUT2D eigenvalue weighted by Crippen LogP contribution is 2.33. The Kier molecular flexibility index (Phi) is 5.13. The first-order chi connectivity index (χ1) is 14.1. The number of benzene rings is 1. The number of aryl methyl sites for hydroxylation is 2. The number of anilines is 1. The molecule has 2 aromatic heterocycles. The van der Waals surface area contributed by atoms with Gasteiger partial charge in [0.1, 0.15) is 5.69 Å². The summed E-state index contributed by atoms with van der Waals surface area (Å²) in [6, 6.07) is 8.97. The van der Waals surface area contributed by atoms with Gasteiger partial charge in [0.15, 0.2) is 5.65 Å². The van der Waals surface area contributed by atoms with Crippen LogP contribution in [0.3, 0.4) is 0 Å². The Hall–Kier alpha value is -2.74. The van der Waals surface area contributed by atoms with Crippen LogP contribution in [0, 0.1) is 13.8 Å². The van der Waals surface area contributed by atoms with E-state index in [2.05, 4.69) is 16.0 Å². The first-order valence-corrected chi connectivity index (χ1v) is 9.89. The number of pyridine rings is 1. The Morgan fingerprint density at radius 1 is 1.10 bits per heavy atom. The van der Waals surface area contributed by atoms with Crippen molar-refractivity contribution in [1.29, 1.82) is 0 Å². The number of carbonyl (C=O) groups is 1. The Bertz CT molecular complexity index is 1120. The Morgan fingerprint density at radius 2 is 1.80 bits per heavy atom. The number of carbonyl (C=O) groups excluding carboxylic acids is 1. The topological polar surface area (TPSA) is 40.8 Å². The Labute approximate surface area is 176 Å². The minimum Gasteiger partial charge on any atom is -0.368 e. The van der Waals surface area contributed by atoms with Crippen LogP contribution in [0.25, 0.3) is 5.65 Å². The average Bonchev–Trinajstić information content (AvgIpc) is 3.03. The van der Waals surface area contributed by atoms with Crippen molar-refractivity contribution in [3.8, 4) is 0 Å². The molecular formula is C21H20ClF3N4O. The second-order valence-electron chi connectivity index (χ2n) is 7.43. The van der Waals surface area contributed by atoms with Gasteiger partial charge in [-0.1, -0.05) is 23.7 Å². The maximum atomic E-state index is 13.2. The van der Waals surface area contributed by atoms with Crippen LogP contribution in [-0.4, -0.2) is 46.4 Å². The van der Waals surface area contributed by atoms with E-state index in [9.17, 15) is 18.0 Å². The van der Waals surface area contributed by atoms with E-state index >= 15 is 0 Å². The number of piperazine rings is 1. The molecule has 4 rings (SSSR count). The predicted molar refractivity (Wildman–Crippen MR) is 109 cm³/mol. The summed E-state index contributed by atoms with van der Waals surface area (Å²) in [5.74, 6) is -0.348. The lowest BCUT2D eigenvalue weighted by Gasteiger charge is -2.36. The van der Waals surface area contributed by atoms with Gasteiger partial charge in [0.05, 0.1) is 16.3 Å². The largest absolute Gasteiger partial charge is 0.417 e. The Balaban J connectivity index is 1.61. The number of halogens is 4. The lowest BCUT2D eigenvalue weighted by Crippen LogP contribution is -2.49. The molecule has 3 heterocycles. The van der Waals surface area contributed by atoms with E-state index in [0.29, 0.717) is 31.9 Å². The Morgan fingerprint density at radius 3 is 2.43 bits per heavy atom. The fraction of sp³-hybridized carbons (Fsp3) is 0.333. The van der Waals surface area contributed by atoms with Crippen molar-refractivity contribution in [3.63, 3.8) is 0 Å². The van der Waals surface area contributed by atoms with Crippen LogP contribution in [-0.2, 0) is 6.18 Å². The van der Waals surface area contributed by atoms with Gasteiger partial charge in [0, 0.05) is 38.1 Å². The van der Waals surface area contributed by atoms with E-state index in [1.54, 1.807) is 11.8 Å². The summed E-state index contributed by atoms with van der Waals surface area (Å²) in [5.41, 5.74) is 1.93. The van der Waals surface area contributed by atoms with E-state index in [-0.39, 0.29) is 22.3 Å². The molecule has 30 heavy (non-hydrogen) atoms. The minimum atomic E-state index is -4.57. The van der Waals surface area contributed by atoms with Gasteiger partial charge < -0.3 is 9.80 Å². The van der Waals surface area contributed by atoms with Crippen LogP contribution in [0.5, 0.6) is 0 Å². The molecule has 0 bridgehead atoms. The van der Waals surface area contributed by atoms with E-state index in [1.165, 1.54) is 0 Å². The zero-order valence-electron chi connectivity index (χ0n) is 16.5. The number of hydrogen-bond acceptors (Lipinski definition) is 3. The van der Waals surface area contributed by atoms with Crippen molar-refractivity contribution in [2.45, 2.75) is 20.0 Å². The number of nitrogens with zero attached hydrogens (tertiary/aromatic N) is 4. The van der Waals surface area contributed by atoms with Gasteiger partial charge in [-0.25, -0.2) is 4.98 Å². The van der Waals surface area contributed by atoms with Crippen LogP contribution >= 0.6 is 11.6 Å². The standard InChI is InChI=1S/C21H20ClF3N4O/c1-13-4-3-5-16(10-13)27-6-8-28(9-7-27)20(30)18-14(2)26-19-17(22)11-15(12-29(18)19)21(23,24)25/h3-5,10-12H,6-9H2,1-2H3. The van der Waals surface area contributed by atoms with Crippen molar-refractivity contribution < 1.29 is 18.0 Å². The number of imidazole rings is 1. The molecule has 9 heteroatoms. The molecule has 0 unspecified atom stereocenters. The summed E-state index contributed by atoms with van der Waals surface area (Å²) >= 11 is 6.03. The lowest BCUT2D eigenvalue weighted by atomic mass is 10.2. The van der Waals surface area contributed by atoms with Crippen LogP contribution in [0.2, 0.25) is 5.02 Å². The molecule has 1 fully saturated rings. The minimum absolute atomic E-state index is 0.113. The van der Waals surface area contributed by atoms with Crippen LogP contribution in [0.1, 0.15) is 27.3 Å². The number of hydrogen-bond donors (Lipinski definition) is 0. The van der Waals surface area contributed by atoms with Gasteiger partial charge in [-0.3, -0.25) is 9.20 Å². The molecule has 1 saturated heterocycles. The SMILES string of the molecule is Cc1cccc(N2CCN(C(=O)c3c(C)nc4c(Cl)cc(C(F)(F)F)cn34)CC2)c1. The molecule has 1 aliphatic rings. The third kappa shape index (κ3) is 3.71. The van der Waals surface area contributed by atoms with Gasteiger partial charge in [-0.05, 0) is 37.6 Å². The second kappa shape index (κ2) is 7.50. The summed E-state index contributed by atoms with van der Waals surface area (Å²) in [7, 11) is 0. The van der Waals surface area contributed by atoms with Gasteiger partial charge >= 0.3 is 6.18 Å². The molecule has 1 aliphatic heterocycles.